The molecule has 5 nitrogen and oxygen atoms in total. The Morgan fingerprint density at radius 1 is 1.32 bits per heavy atom. The number of aromatic nitrogens is 2. The predicted molar refractivity (Wildman–Crippen MR) is 74.8 cm³/mol. The third-order valence-electron chi connectivity index (χ3n) is 3.34. The minimum Gasteiger partial charge on any atom is -0.396 e. The fraction of sp³-hybridized carbons (Fsp3) is 0.643. The lowest BCUT2D eigenvalue weighted by Crippen LogP contribution is -2.35. The highest BCUT2D eigenvalue weighted by Gasteiger charge is 2.25. The molecule has 2 N–H and O–H groups in total. The van der Waals surface area contributed by atoms with Crippen LogP contribution in [0, 0.1) is 30.6 Å². The van der Waals surface area contributed by atoms with Gasteiger partial charge in [-0.2, -0.15) is 10.4 Å². The molecule has 0 saturated heterocycles. The first-order valence-electron chi connectivity index (χ1n) is 6.42. The first-order valence-corrected chi connectivity index (χ1v) is 6.42. The molecule has 0 aliphatic heterocycles. The molecule has 104 valence electrons. The van der Waals surface area contributed by atoms with E-state index in [0.717, 1.165) is 11.3 Å². The van der Waals surface area contributed by atoms with Gasteiger partial charge in [0.2, 0.25) is 0 Å². The lowest BCUT2D eigenvalue weighted by Gasteiger charge is -2.31. The molecule has 19 heavy (non-hydrogen) atoms. The molecule has 0 spiro atoms. The average molecular weight is 262 g/mol. The molecule has 0 aliphatic carbocycles. The van der Waals surface area contributed by atoms with E-state index in [0.29, 0.717) is 17.8 Å². The normalized spacial score (nSPS) is 12.9. The average Bonchev–Trinajstić information content (AvgIpc) is 2.32. The Kier molecular flexibility index (Phi) is 4.84. The predicted octanol–water partition coefficient (Wildman–Crippen LogP) is 2.17. The maximum absolute atomic E-state index is 9.26. The third kappa shape index (κ3) is 3.65. The Morgan fingerprint density at radius 3 is 2.42 bits per heavy atom. The lowest BCUT2D eigenvalue weighted by atomic mass is 9.85. The summed E-state index contributed by atoms with van der Waals surface area (Å²) in [7, 11) is 0. The van der Waals surface area contributed by atoms with Crippen molar-refractivity contribution in [3.05, 3.63) is 16.8 Å². The smallest absolute Gasteiger partial charge is 0.167 e. The second-order valence-electron chi connectivity index (χ2n) is 5.82. The molecule has 0 fully saturated rings. The number of aliphatic hydroxyl groups is 1. The summed E-state index contributed by atoms with van der Waals surface area (Å²) >= 11 is 0. The number of nitrogens with one attached hydrogen (secondary N) is 1. The Morgan fingerprint density at radius 2 is 1.95 bits per heavy atom. The van der Waals surface area contributed by atoms with Crippen LogP contribution in [0.5, 0.6) is 0 Å². The molecule has 0 radical (unpaired) electrons. The summed E-state index contributed by atoms with van der Waals surface area (Å²) in [5, 5.41) is 29.8. The molecule has 1 heterocycles. The van der Waals surface area contributed by atoms with Crippen LogP contribution in [-0.2, 0) is 0 Å². The molecule has 0 aromatic carbocycles. The van der Waals surface area contributed by atoms with E-state index in [2.05, 4.69) is 42.4 Å². The minimum absolute atomic E-state index is 0.0287. The van der Waals surface area contributed by atoms with E-state index in [9.17, 15) is 5.26 Å². The molecule has 0 amide bonds. The summed E-state index contributed by atoms with van der Waals surface area (Å²) in [4.78, 5) is 0. The fourth-order valence-electron chi connectivity index (χ4n) is 1.86. The van der Waals surface area contributed by atoms with Crippen molar-refractivity contribution in [3.63, 3.8) is 0 Å². The van der Waals surface area contributed by atoms with Crippen molar-refractivity contribution in [2.24, 2.45) is 5.41 Å². The molecule has 0 saturated carbocycles. The van der Waals surface area contributed by atoms with Crippen molar-refractivity contribution in [1.29, 1.82) is 5.26 Å². The molecule has 5 heteroatoms. The number of hydrogen-bond donors (Lipinski definition) is 2. The number of nitrogens with zero attached hydrogens (tertiary/aromatic N) is 3. The number of rotatable bonds is 4. The summed E-state index contributed by atoms with van der Waals surface area (Å²) in [6.07, 6.45) is 0.600. The van der Waals surface area contributed by atoms with E-state index in [4.69, 9.17) is 5.11 Å². The lowest BCUT2D eigenvalue weighted by molar-refractivity contribution is 0.235. The highest BCUT2D eigenvalue weighted by atomic mass is 16.3. The first kappa shape index (κ1) is 15.4. The van der Waals surface area contributed by atoms with Crippen LogP contribution in [0.15, 0.2) is 0 Å². The van der Waals surface area contributed by atoms with Crippen molar-refractivity contribution < 1.29 is 5.11 Å². The second kappa shape index (κ2) is 5.98. The Balaban J connectivity index is 3.11. The number of anilines is 1. The third-order valence-corrected chi connectivity index (χ3v) is 3.34. The van der Waals surface area contributed by atoms with Crippen LogP contribution in [0.1, 0.15) is 44.0 Å². The Bertz CT molecular complexity index is 485. The fourth-order valence-corrected chi connectivity index (χ4v) is 1.86. The highest BCUT2D eigenvalue weighted by Crippen LogP contribution is 2.27. The van der Waals surface area contributed by atoms with Gasteiger partial charge < -0.3 is 10.4 Å². The van der Waals surface area contributed by atoms with Gasteiger partial charge in [0.25, 0.3) is 0 Å². The molecule has 1 aromatic heterocycles. The molecule has 1 atom stereocenters. The molecular weight excluding hydrogens is 240 g/mol. The molecule has 1 aromatic rings. The van der Waals surface area contributed by atoms with Gasteiger partial charge in [-0.3, -0.25) is 0 Å². The van der Waals surface area contributed by atoms with E-state index < -0.39 is 0 Å². The Hall–Kier alpha value is -1.67. The van der Waals surface area contributed by atoms with Gasteiger partial charge >= 0.3 is 0 Å². The van der Waals surface area contributed by atoms with Crippen LogP contribution in [0.4, 0.5) is 5.82 Å². The number of aryl methyl sites for hydroxylation is 1. The number of hydrogen-bond acceptors (Lipinski definition) is 5. The maximum atomic E-state index is 9.26. The van der Waals surface area contributed by atoms with Gasteiger partial charge in [-0.25, -0.2) is 0 Å². The van der Waals surface area contributed by atoms with E-state index in [-0.39, 0.29) is 18.1 Å². The number of aliphatic hydroxyl groups excluding tert-OH is 1. The zero-order chi connectivity index (χ0) is 14.6. The summed E-state index contributed by atoms with van der Waals surface area (Å²) < 4.78 is 0. The Labute approximate surface area is 114 Å². The molecule has 1 rings (SSSR count). The highest BCUT2D eigenvalue weighted by molar-refractivity contribution is 5.56. The molecule has 0 bridgehead atoms. The standard InChI is InChI=1S/C14H22N4O/c1-9-10(2)17-18-13(11(9)8-15)16-12(6-7-19)14(3,4)5/h12,19H,6-7H2,1-5H3,(H,16,18). The van der Waals surface area contributed by atoms with Crippen LogP contribution >= 0.6 is 0 Å². The zero-order valence-electron chi connectivity index (χ0n) is 12.3. The van der Waals surface area contributed by atoms with Crippen LogP contribution < -0.4 is 5.32 Å². The summed E-state index contributed by atoms with van der Waals surface area (Å²) in [6.45, 7) is 10.0. The SMILES string of the molecule is Cc1nnc(NC(CCO)C(C)(C)C)c(C#N)c1C. The monoisotopic (exact) mass is 262 g/mol. The van der Waals surface area contributed by atoms with Crippen molar-refractivity contribution in [2.45, 2.75) is 47.1 Å². The van der Waals surface area contributed by atoms with Gasteiger partial charge in [0.15, 0.2) is 5.82 Å². The minimum atomic E-state index is -0.0457. The quantitative estimate of drug-likeness (QED) is 0.869. The van der Waals surface area contributed by atoms with Gasteiger partial charge in [0.1, 0.15) is 11.6 Å². The van der Waals surface area contributed by atoms with E-state index in [1.807, 2.05) is 13.8 Å². The summed E-state index contributed by atoms with van der Waals surface area (Å²) in [5.41, 5.74) is 2.09. The van der Waals surface area contributed by atoms with Crippen LogP contribution in [0.2, 0.25) is 0 Å². The van der Waals surface area contributed by atoms with Gasteiger partial charge in [-0.05, 0) is 31.2 Å². The topological polar surface area (TPSA) is 81.8 Å². The van der Waals surface area contributed by atoms with Crippen LogP contribution in [-0.4, -0.2) is 28.0 Å². The molecular formula is C14H22N4O. The van der Waals surface area contributed by atoms with E-state index >= 15 is 0 Å². The van der Waals surface area contributed by atoms with Crippen molar-refractivity contribution in [3.8, 4) is 6.07 Å². The van der Waals surface area contributed by atoms with Gasteiger partial charge in [0.05, 0.1) is 5.69 Å². The van der Waals surface area contributed by atoms with Crippen LogP contribution in [0.3, 0.4) is 0 Å². The second-order valence-corrected chi connectivity index (χ2v) is 5.82. The number of nitriles is 1. The first-order chi connectivity index (χ1) is 8.81. The van der Waals surface area contributed by atoms with Gasteiger partial charge in [0, 0.05) is 12.6 Å². The van der Waals surface area contributed by atoms with Gasteiger partial charge in [-0.1, -0.05) is 20.8 Å². The maximum Gasteiger partial charge on any atom is 0.167 e. The summed E-state index contributed by atoms with van der Waals surface area (Å²) in [5.74, 6) is 0.499. The van der Waals surface area contributed by atoms with E-state index in [1.165, 1.54) is 0 Å². The zero-order valence-corrected chi connectivity index (χ0v) is 12.3. The van der Waals surface area contributed by atoms with Crippen molar-refractivity contribution >= 4 is 5.82 Å². The van der Waals surface area contributed by atoms with E-state index in [1.54, 1.807) is 0 Å². The summed E-state index contributed by atoms with van der Waals surface area (Å²) in [6, 6.07) is 2.20. The van der Waals surface area contributed by atoms with Gasteiger partial charge in [-0.15, -0.1) is 5.10 Å². The van der Waals surface area contributed by atoms with Crippen molar-refractivity contribution in [2.75, 3.05) is 11.9 Å². The largest absolute Gasteiger partial charge is 0.396 e. The molecule has 0 aliphatic rings. The molecule has 1 unspecified atom stereocenters. The van der Waals surface area contributed by atoms with Crippen LogP contribution in [0.25, 0.3) is 0 Å². The van der Waals surface area contributed by atoms with Crippen molar-refractivity contribution in [1.82, 2.24) is 10.2 Å².